The number of hydrogen-bond donors (Lipinski definition) is 3. The number of aromatic hydroxyl groups is 1. The van der Waals surface area contributed by atoms with E-state index in [4.69, 9.17) is 0 Å². The standard InChI is InChI=1S/C20H15N3O2/c24-15-5-3-4-14(10-15)22-20(25)9-8-13-11-17-16-6-1-2-7-18(16)23-19(17)12-21-13/h1-12,23-24H,(H,22,25)/b9-8+. The fourth-order valence-corrected chi connectivity index (χ4v) is 2.79. The Balaban J connectivity index is 1.58. The zero-order valence-corrected chi connectivity index (χ0v) is 13.2. The van der Waals surface area contributed by atoms with Crippen LogP contribution in [-0.2, 0) is 4.79 Å². The highest BCUT2D eigenvalue weighted by molar-refractivity contribution is 6.07. The molecule has 0 saturated heterocycles. The van der Waals surface area contributed by atoms with Crippen LogP contribution in [0.5, 0.6) is 5.75 Å². The van der Waals surface area contributed by atoms with Crippen LogP contribution in [0, 0.1) is 0 Å². The molecule has 4 rings (SSSR count). The first kappa shape index (κ1) is 15.0. The van der Waals surface area contributed by atoms with Crippen molar-refractivity contribution in [1.29, 1.82) is 0 Å². The summed E-state index contributed by atoms with van der Waals surface area (Å²) in [4.78, 5) is 19.7. The number of aromatic nitrogens is 2. The molecule has 0 aliphatic carbocycles. The highest BCUT2D eigenvalue weighted by Crippen LogP contribution is 2.25. The second-order valence-corrected chi connectivity index (χ2v) is 5.70. The molecule has 0 atom stereocenters. The van der Waals surface area contributed by atoms with Crippen molar-refractivity contribution < 1.29 is 9.90 Å². The van der Waals surface area contributed by atoms with Gasteiger partial charge in [-0.25, -0.2) is 0 Å². The number of hydrogen-bond acceptors (Lipinski definition) is 3. The van der Waals surface area contributed by atoms with Crippen LogP contribution in [0.2, 0.25) is 0 Å². The third-order valence-corrected chi connectivity index (χ3v) is 3.93. The number of amides is 1. The number of pyridine rings is 1. The number of carbonyl (C=O) groups excluding carboxylic acids is 1. The second-order valence-electron chi connectivity index (χ2n) is 5.70. The lowest BCUT2D eigenvalue weighted by Gasteiger charge is -2.02. The summed E-state index contributed by atoms with van der Waals surface area (Å²) in [6.07, 6.45) is 4.86. The van der Waals surface area contributed by atoms with Crippen LogP contribution in [-0.4, -0.2) is 21.0 Å². The van der Waals surface area contributed by atoms with Crippen LogP contribution in [0.4, 0.5) is 5.69 Å². The van der Waals surface area contributed by atoms with E-state index in [9.17, 15) is 9.90 Å². The van der Waals surface area contributed by atoms with E-state index in [1.165, 1.54) is 12.1 Å². The molecule has 1 amide bonds. The molecule has 2 aromatic carbocycles. The van der Waals surface area contributed by atoms with E-state index in [1.807, 2.05) is 24.3 Å². The van der Waals surface area contributed by atoms with Gasteiger partial charge in [0.25, 0.3) is 0 Å². The zero-order valence-electron chi connectivity index (χ0n) is 13.2. The molecule has 0 aliphatic heterocycles. The van der Waals surface area contributed by atoms with Crippen molar-refractivity contribution in [2.45, 2.75) is 0 Å². The van der Waals surface area contributed by atoms with Crippen LogP contribution >= 0.6 is 0 Å². The summed E-state index contributed by atoms with van der Waals surface area (Å²) in [5.41, 5.74) is 3.25. The maximum atomic E-state index is 12.0. The fraction of sp³-hybridized carbons (Fsp3) is 0. The highest BCUT2D eigenvalue weighted by atomic mass is 16.3. The number of benzene rings is 2. The van der Waals surface area contributed by atoms with E-state index in [0.29, 0.717) is 11.4 Å². The second kappa shape index (κ2) is 6.13. The lowest BCUT2D eigenvalue weighted by molar-refractivity contribution is -0.111. The Morgan fingerprint density at radius 2 is 1.92 bits per heavy atom. The van der Waals surface area contributed by atoms with Gasteiger partial charge < -0.3 is 15.4 Å². The largest absolute Gasteiger partial charge is 0.508 e. The molecule has 2 aromatic heterocycles. The van der Waals surface area contributed by atoms with Gasteiger partial charge in [-0.1, -0.05) is 24.3 Å². The van der Waals surface area contributed by atoms with E-state index in [1.54, 1.807) is 30.5 Å². The number of phenols is 1. The Morgan fingerprint density at radius 3 is 2.80 bits per heavy atom. The van der Waals surface area contributed by atoms with Crippen LogP contribution in [0.25, 0.3) is 27.9 Å². The Hall–Kier alpha value is -3.60. The quantitative estimate of drug-likeness (QED) is 0.496. The van der Waals surface area contributed by atoms with Crippen molar-refractivity contribution >= 4 is 39.5 Å². The van der Waals surface area contributed by atoms with Crippen molar-refractivity contribution in [3.8, 4) is 5.75 Å². The fourth-order valence-electron chi connectivity index (χ4n) is 2.79. The Labute approximate surface area is 143 Å². The number of carbonyl (C=O) groups is 1. The normalized spacial score (nSPS) is 11.4. The third-order valence-electron chi connectivity index (χ3n) is 3.93. The number of nitrogens with one attached hydrogen (secondary N) is 2. The summed E-state index contributed by atoms with van der Waals surface area (Å²) >= 11 is 0. The molecule has 0 aliphatic rings. The molecule has 3 N–H and O–H groups in total. The molecule has 122 valence electrons. The summed E-state index contributed by atoms with van der Waals surface area (Å²) in [5, 5.41) is 14.3. The monoisotopic (exact) mass is 329 g/mol. The van der Waals surface area contributed by atoms with Gasteiger partial charge in [0.1, 0.15) is 5.75 Å². The zero-order chi connectivity index (χ0) is 17.2. The minimum atomic E-state index is -0.286. The summed E-state index contributed by atoms with van der Waals surface area (Å²) in [6, 6.07) is 16.4. The number of anilines is 1. The molecule has 0 bridgehead atoms. The van der Waals surface area contributed by atoms with E-state index < -0.39 is 0 Å². The lowest BCUT2D eigenvalue weighted by Crippen LogP contribution is -2.07. The van der Waals surface area contributed by atoms with Gasteiger partial charge in [-0.3, -0.25) is 9.78 Å². The van der Waals surface area contributed by atoms with Crippen LogP contribution in [0.15, 0.2) is 66.9 Å². The van der Waals surface area contributed by atoms with E-state index in [2.05, 4.69) is 21.4 Å². The molecule has 0 radical (unpaired) electrons. The molecule has 5 heteroatoms. The molecule has 4 aromatic rings. The van der Waals surface area contributed by atoms with Gasteiger partial charge in [-0.05, 0) is 30.3 Å². The highest BCUT2D eigenvalue weighted by Gasteiger charge is 2.05. The Kier molecular flexibility index (Phi) is 3.67. The number of H-pyrrole nitrogens is 1. The third kappa shape index (κ3) is 3.07. The lowest BCUT2D eigenvalue weighted by atomic mass is 10.1. The van der Waals surface area contributed by atoms with E-state index >= 15 is 0 Å². The number of para-hydroxylation sites is 1. The number of nitrogens with zero attached hydrogens (tertiary/aromatic N) is 1. The van der Waals surface area contributed by atoms with Crippen molar-refractivity contribution in [3.05, 3.63) is 72.6 Å². The van der Waals surface area contributed by atoms with Crippen LogP contribution in [0.3, 0.4) is 0 Å². The molecule has 25 heavy (non-hydrogen) atoms. The van der Waals surface area contributed by atoms with Gasteiger partial charge in [-0.15, -0.1) is 0 Å². The molecule has 5 nitrogen and oxygen atoms in total. The average Bonchev–Trinajstić information content (AvgIpc) is 2.98. The first-order valence-electron chi connectivity index (χ1n) is 7.83. The smallest absolute Gasteiger partial charge is 0.248 e. The number of fused-ring (bicyclic) bond motifs is 3. The first-order valence-corrected chi connectivity index (χ1v) is 7.83. The summed E-state index contributed by atoms with van der Waals surface area (Å²) in [7, 11) is 0. The predicted molar refractivity (Wildman–Crippen MR) is 99.4 cm³/mol. The number of phenolic OH excluding ortho intramolecular Hbond substituents is 1. The summed E-state index contributed by atoms with van der Waals surface area (Å²) in [5.74, 6) is -0.181. The van der Waals surface area contributed by atoms with Gasteiger partial charge >= 0.3 is 0 Å². The van der Waals surface area contributed by atoms with Crippen molar-refractivity contribution in [1.82, 2.24) is 9.97 Å². The maximum absolute atomic E-state index is 12.0. The maximum Gasteiger partial charge on any atom is 0.248 e. The van der Waals surface area contributed by atoms with Gasteiger partial charge in [0.15, 0.2) is 0 Å². The van der Waals surface area contributed by atoms with Gasteiger partial charge in [0, 0.05) is 34.1 Å². The average molecular weight is 329 g/mol. The van der Waals surface area contributed by atoms with Crippen molar-refractivity contribution in [3.63, 3.8) is 0 Å². The van der Waals surface area contributed by atoms with E-state index in [-0.39, 0.29) is 11.7 Å². The molecular weight excluding hydrogens is 314 g/mol. The van der Waals surface area contributed by atoms with Crippen LogP contribution < -0.4 is 5.32 Å². The predicted octanol–water partition coefficient (Wildman–Crippen LogP) is 4.07. The molecule has 0 unspecified atom stereocenters. The molecule has 2 heterocycles. The van der Waals surface area contributed by atoms with Crippen molar-refractivity contribution in [2.24, 2.45) is 0 Å². The van der Waals surface area contributed by atoms with Crippen LogP contribution in [0.1, 0.15) is 5.69 Å². The Morgan fingerprint density at radius 1 is 1.04 bits per heavy atom. The molecule has 0 saturated carbocycles. The van der Waals surface area contributed by atoms with Gasteiger partial charge in [-0.2, -0.15) is 0 Å². The first-order chi connectivity index (χ1) is 12.2. The topological polar surface area (TPSA) is 78.0 Å². The minimum absolute atomic E-state index is 0.105. The number of aromatic amines is 1. The summed E-state index contributed by atoms with van der Waals surface area (Å²) in [6.45, 7) is 0. The van der Waals surface area contributed by atoms with Gasteiger partial charge in [0.05, 0.1) is 17.4 Å². The SMILES string of the molecule is O=C(/C=C/c1cc2c(cn1)[nH]c1ccccc12)Nc1cccc(O)c1. The summed E-state index contributed by atoms with van der Waals surface area (Å²) < 4.78 is 0. The molecule has 0 fully saturated rings. The molecular formula is C20H15N3O2. The molecule has 0 spiro atoms. The van der Waals surface area contributed by atoms with E-state index in [0.717, 1.165) is 21.8 Å². The van der Waals surface area contributed by atoms with Gasteiger partial charge in [0.2, 0.25) is 5.91 Å². The Bertz CT molecular complexity index is 1110. The number of rotatable bonds is 3. The minimum Gasteiger partial charge on any atom is -0.508 e. The van der Waals surface area contributed by atoms with Crippen molar-refractivity contribution in [2.75, 3.05) is 5.32 Å².